The van der Waals surface area contributed by atoms with Crippen LogP contribution in [0.5, 0.6) is 0 Å². The highest BCUT2D eigenvalue weighted by molar-refractivity contribution is 5.02. The predicted octanol–water partition coefficient (Wildman–Crippen LogP) is 1.40. The lowest BCUT2D eigenvalue weighted by molar-refractivity contribution is 0.0491. The Morgan fingerprint density at radius 2 is 2.40 bits per heavy atom. The van der Waals surface area contributed by atoms with Crippen LogP contribution in [0.2, 0.25) is 0 Å². The zero-order chi connectivity index (χ0) is 7.40. The molecule has 0 atom stereocenters. The van der Waals surface area contributed by atoms with E-state index in [0.717, 1.165) is 5.69 Å². The highest BCUT2D eigenvalue weighted by atomic mass is 19.2. The molecule has 0 saturated carbocycles. The average molecular weight is 140 g/mol. The molecule has 0 amide bonds. The van der Waals surface area contributed by atoms with Gasteiger partial charge in [0.2, 0.25) is 0 Å². The van der Waals surface area contributed by atoms with Gasteiger partial charge in [-0.15, -0.1) is 9.60 Å². The molecule has 0 spiro atoms. The first-order chi connectivity index (χ1) is 4.79. The second kappa shape index (κ2) is 3.27. The van der Waals surface area contributed by atoms with Crippen LogP contribution in [0, 0.1) is 0 Å². The Morgan fingerprint density at radius 3 is 2.90 bits per heavy atom. The van der Waals surface area contributed by atoms with Crippen molar-refractivity contribution in [1.29, 1.82) is 0 Å². The number of pyridine rings is 1. The van der Waals surface area contributed by atoms with E-state index in [1.807, 2.05) is 12.1 Å². The number of rotatable bonds is 2. The van der Waals surface area contributed by atoms with Gasteiger partial charge in [-0.2, -0.15) is 0 Å². The minimum Gasteiger partial charge on any atom is -0.260 e. The molecule has 0 saturated heterocycles. The number of hydrogen-bond donors (Lipinski definition) is 0. The molecule has 0 aliphatic rings. The van der Waals surface area contributed by atoms with E-state index in [4.69, 9.17) is 0 Å². The normalized spacial score (nSPS) is 10.3. The first-order valence-electron chi connectivity index (χ1n) is 3.06. The second-order valence-electron chi connectivity index (χ2n) is 2.08. The third kappa shape index (κ3) is 2.11. The SMILES string of the molecule is CN(F)Cc1ccccn1. The standard InChI is InChI=1S/C7H9FN2/c1-10(8)6-7-4-2-3-5-9-7/h2-5H,6H2,1H3. The Balaban J connectivity index is 2.59. The molecule has 0 aromatic carbocycles. The fraction of sp³-hybridized carbons (Fsp3) is 0.286. The lowest BCUT2D eigenvalue weighted by Crippen LogP contribution is -2.06. The van der Waals surface area contributed by atoms with Gasteiger partial charge in [0.1, 0.15) is 0 Å². The number of aromatic nitrogens is 1. The van der Waals surface area contributed by atoms with Gasteiger partial charge in [0, 0.05) is 13.2 Å². The lowest BCUT2D eigenvalue weighted by Gasteiger charge is -2.02. The maximum atomic E-state index is 12.2. The Labute approximate surface area is 59.2 Å². The monoisotopic (exact) mass is 140 g/mol. The van der Waals surface area contributed by atoms with Crippen molar-refractivity contribution in [3.05, 3.63) is 30.1 Å². The summed E-state index contributed by atoms with van der Waals surface area (Å²) in [7, 11) is 1.37. The summed E-state index contributed by atoms with van der Waals surface area (Å²) in [5.41, 5.74) is 0.743. The second-order valence-corrected chi connectivity index (χ2v) is 2.08. The van der Waals surface area contributed by atoms with E-state index in [0.29, 0.717) is 5.12 Å². The molecule has 54 valence electrons. The molecule has 0 aliphatic heterocycles. The molecule has 10 heavy (non-hydrogen) atoms. The van der Waals surface area contributed by atoms with Crippen LogP contribution in [-0.2, 0) is 6.54 Å². The predicted molar refractivity (Wildman–Crippen MR) is 36.8 cm³/mol. The van der Waals surface area contributed by atoms with Gasteiger partial charge < -0.3 is 0 Å². The maximum Gasteiger partial charge on any atom is 0.0710 e. The first-order valence-corrected chi connectivity index (χ1v) is 3.06. The van der Waals surface area contributed by atoms with Crippen molar-refractivity contribution in [3.63, 3.8) is 0 Å². The average Bonchev–Trinajstić information content (AvgIpc) is 1.88. The highest BCUT2D eigenvalue weighted by Crippen LogP contribution is 1.97. The molecular formula is C7H9FN2. The van der Waals surface area contributed by atoms with Crippen LogP contribution in [0.4, 0.5) is 4.48 Å². The summed E-state index contributed by atoms with van der Waals surface area (Å²) in [4.78, 5) is 3.94. The van der Waals surface area contributed by atoms with E-state index in [-0.39, 0.29) is 6.54 Å². The summed E-state index contributed by atoms with van der Waals surface area (Å²) < 4.78 is 12.2. The van der Waals surface area contributed by atoms with E-state index in [9.17, 15) is 4.48 Å². The lowest BCUT2D eigenvalue weighted by atomic mass is 10.3. The van der Waals surface area contributed by atoms with E-state index >= 15 is 0 Å². The van der Waals surface area contributed by atoms with Gasteiger partial charge in [0.25, 0.3) is 0 Å². The van der Waals surface area contributed by atoms with Crippen LogP contribution < -0.4 is 0 Å². The molecule has 0 fully saturated rings. The molecule has 1 rings (SSSR count). The third-order valence-corrected chi connectivity index (χ3v) is 1.11. The smallest absolute Gasteiger partial charge is 0.0710 e. The number of hydrogen-bond acceptors (Lipinski definition) is 2. The molecule has 1 aromatic rings. The van der Waals surface area contributed by atoms with Crippen molar-refractivity contribution in [2.45, 2.75) is 6.54 Å². The van der Waals surface area contributed by atoms with E-state index < -0.39 is 0 Å². The van der Waals surface area contributed by atoms with Gasteiger partial charge in [-0.1, -0.05) is 6.07 Å². The van der Waals surface area contributed by atoms with E-state index in [1.165, 1.54) is 7.05 Å². The van der Waals surface area contributed by atoms with Crippen molar-refractivity contribution in [2.24, 2.45) is 0 Å². The minimum atomic E-state index is 0.251. The van der Waals surface area contributed by atoms with Crippen molar-refractivity contribution < 1.29 is 4.48 Å². The summed E-state index contributed by atoms with van der Waals surface area (Å²) in [6, 6.07) is 5.43. The number of halogens is 1. The van der Waals surface area contributed by atoms with Crippen LogP contribution in [0.1, 0.15) is 5.69 Å². The summed E-state index contributed by atoms with van der Waals surface area (Å²) in [5, 5.41) is 0.600. The van der Waals surface area contributed by atoms with Crippen LogP contribution in [0.3, 0.4) is 0 Å². The van der Waals surface area contributed by atoms with Gasteiger partial charge in [0.15, 0.2) is 0 Å². The Bertz CT molecular complexity index is 186. The molecule has 0 aliphatic carbocycles. The zero-order valence-electron chi connectivity index (χ0n) is 5.79. The molecule has 3 heteroatoms. The zero-order valence-corrected chi connectivity index (χ0v) is 5.79. The molecule has 0 bridgehead atoms. The van der Waals surface area contributed by atoms with E-state index in [2.05, 4.69) is 4.98 Å². The highest BCUT2D eigenvalue weighted by Gasteiger charge is 1.95. The molecule has 1 heterocycles. The van der Waals surface area contributed by atoms with Gasteiger partial charge in [0.05, 0.1) is 12.2 Å². The fourth-order valence-electron chi connectivity index (χ4n) is 0.715. The van der Waals surface area contributed by atoms with Crippen LogP contribution >= 0.6 is 0 Å². The summed E-state index contributed by atoms with van der Waals surface area (Å²) in [6.45, 7) is 0.251. The number of nitrogens with zero attached hydrogens (tertiary/aromatic N) is 2. The van der Waals surface area contributed by atoms with Crippen LogP contribution in [0.25, 0.3) is 0 Å². The largest absolute Gasteiger partial charge is 0.260 e. The molecule has 0 radical (unpaired) electrons. The third-order valence-electron chi connectivity index (χ3n) is 1.11. The van der Waals surface area contributed by atoms with E-state index in [1.54, 1.807) is 12.3 Å². The Hall–Kier alpha value is -0.960. The van der Waals surface area contributed by atoms with Gasteiger partial charge in [-0.05, 0) is 12.1 Å². The van der Waals surface area contributed by atoms with Crippen molar-refractivity contribution >= 4 is 0 Å². The van der Waals surface area contributed by atoms with Crippen LogP contribution in [0.15, 0.2) is 24.4 Å². The molecule has 0 N–H and O–H groups in total. The fourth-order valence-corrected chi connectivity index (χ4v) is 0.715. The quantitative estimate of drug-likeness (QED) is 0.577. The molecule has 0 unspecified atom stereocenters. The Kier molecular flexibility index (Phi) is 2.34. The first kappa shape index (κ1) is 7.15. The summed E-state index contributed by atoms with van der Waals surface area (Å²) in [6.07, 6.45) is 1.65. The molecule has 1 aromatic heterocycles. The topological polar surface area (TPSA) is 16.1 Å². The maximum absolute atomic E-state index is 12.2. The van der Waals surface area contributed by atoms with Crippen molar-refractivity contribution in [3.8, 4) is 0 Å². The van der Waals surface area contributed by atoms with Crippen molar-refractivity contribution in [1.82, 2.24) is 10.1 Å². The summed E-state index contributed by atoms with van der Waals surface area (Å²) in [5.74, 6) is 0. The molecular weight excluding hydrogens is 131 g/mol. The van der Waals surface area contributed by atoms with Gasteiger partial charge >= 0.3 is 0 Å². The van der Waals surface area contributed by atoms with Crippen LogP contribution in [-0.4, -0.2) is 17.2 Å². The van der Waals surface area contributed by atoms with Gasteiger partial charge in [-0.3, -0.25) is 4.98 Å². The van der Waals surface area contributed by atoms with Crippen molar-refractivity contribution in [2.75, 3.05) is 7.05 Å². The Morgan fingerprint density at radius 1 is 1.60 bits per heavy atom. The summed E-state index contributed by atoms with van der Waals surface area (Å²) >= 11 is 0. The van der Waals surface area contributed by atoms with Gasteiger partial charge in [-0.25, -0.2) is 0 Å². The molecule has 2 nitrogen and oxygen atoms in total. The minimum absolute atomic E-state index is 0.251.